The van der Waals surface area contributed by atoms with Crippen molar-refractivity contribution in [3.05, 3.63) is 88.5 Å². The lowest BCUT2D eigenvalue weighted by atomic mass is 10.1. The predicted octanol–water partition coefficient (Wildman–Crippen LogP) is 3.94. The van der Waals surface area contributed by atoms with E-state index in [1.807, 2.05) is 26.0 Å². The molecule has 34 heavy (non-hydrogen) atoms. The number of fused-ring (bicyclic) bond motifs is 1. The van der Waals surface area contributed by atoms with Gasteiger partial charge in [0.15, 0.2) is 0 Å². The van der Waals surface area contributed by atoms with Crippen LogP contribution in [0.3, 0.4) is 0 Å². The van der Waals surface area contributed by atoms with Crippen LogP contribution in [0, 0.1) is 13.8 Å². The summed E-state index contributed by atoms with van der Waals surface area (Å²) in [6, 6.07) is 16.7. The van der Waals surface area contributed by atoms with Crippen molar-refractivity contribution in [3.8, 4) is 0 Å². The normalized spacial score (nSPS) is 12.5. The average Bonchev–Trinajstić information content (AvgIpc) is 3.05. The number of imide groups is 1. The molecule has 0 saturated carbocycles. The van der Waals surface area contributed by atoms with E-state index >= 15 is 0 Å². The Hall–Kier alpha value is -4.30. The molecule has 1 aliphatic rings. The Morgan fingerprint density at radius 2 is 1.56 bits per heavy atom. The number of hydrogen-bond acceptors (Lipinski definition) is 5. The minimum absolute atomic E-state index is 0.0858. The molecule has 8 nitrogen and oxygen atoms in total. The van der Waals surface area contributed by atoms with Crippen molar-refractivity contribution in [2.75, 3.05) is 29.3 Å². The van der Waals surface area contributed by atoms with E-state index in [9.17, 15) is 19.2 Å². The zero-order chi connectivity index (χ0) is 24.4. The van der Waals surface area contributed by atoms with Gasteiger partial charge in [-0.15, -0.1) is 0 Å². The number of aryl methyl sites for hydroxylation is 2. The van der Waals surface area contributed by atoms with Gasteiger partial charge in [0.25, 0.3) is 17.7 Å². The van der Waals surface area contributed by atoms with Crippen molar-refractivity contribution in [1.82, 2.24) is 0 Å². The summed E-state index contributed by atoms with van der Waals surface area (Å²) in [5, 5.41) is 5.42. The fourth-order valence-electron chi connectivity index (χ4n) is 3.77. The predicted molar refractivity (Wildman–Crippen MR) is 128 cm³/mol. The van der Waals surface area contributed by atoms with Crippen LogP contribution in [0.2, 0.25) is 0 Å². The SMILES string of the molecule is COCC(=O)Nc1cccc(NC(=O)c2ccc3c(c2)C(=O)N(c2cc(C)ccc2C)C3=O)c1. The Kier molecular flexibility index (Phi) is 6.25. The van der Waals surface area contributed by atoms with E-state index in [-0.39, 0.29) is 29.2 Å². The highest BCUT2D eigenvalue weighted by Crippen LogP contribution is 2.32. The number of methoxy groups -OCH3 is 1. The first-order chi connectivity index (χ1) is 16.3. The van der Waals surface area contributed by atoms with E-state index in [1.165, 1.54) is 25.3 Å². The number of benzene rings is 3. The molecule has 0 fully saturated rings. The number of carbonyl (C=O) groups excluding carboxylic acids is 4. The van der Waals surface area contributed by atoms with E-state index in [0.29, 0.717) is 17.1 Å². The van der Waals surface area contributed by atoms with Gasteiger partial charge >= 0.3 is 0 Å². The van der Waals surface area contributed by atoms with Crippen molar-refractivity contribution in [2.24, 2.45) is 0 Å². The molecule has 4 amide bonds. The van der Waals surface area contributed by atoms with Crippen LogP contribution >= 0.6 is 0 Å². The number of carbonyl (C=O) groups is 4. The van der Waals surface area contributed by atoms with E-state index in [0.717, 1.165) is 16.0 Å². The summed E-state index contributed by atoms with van der Waals surface area (Å²) in [5.74, 6) is -1.65. The monoisotopic (exact) mass is 457 g/mol. The molecule has 0 atom stereocenters. The van der Waals surface area contributed by atoms with Crippen molar-refractivity contribution in [2.45, 2.75) is 13.8 Å². The maximum atomic E-state index is 13.1. The molecule has 0 saturated heterocycles. The maximum absolute atomic E-state index is 13.1. The minimum atomic E-state index is -0.466. The second kappa shape index (κ2) is 9.29. The van der Waals surface area contributed by atoms with Gasteiger partial charge in [-0.2, -0.15) is 0 Å². The van der Waals surface area contributed by atoms with Crippen LogP contribution in [0.15, 0.2) is 60.7 Å². The van der Waals surface area contributed by atoms with Gasteiger partial charge in [-0.1, -0.05) is 18.2 Å². The van der Waals surface area contributed by atoms with Gasteiger partial charge in [0, 0.05) is 24.0 Å². The third-order valence-corrected chi connectivity index (χ3v) is 5.43. The van der Waals surface area contributed by atoms with Gasteiger partial charge in [-0.3, -0.25) is 19.2 Å². The third kappa shape index (κ3) is 4.44. The zero-order valence-corrected chi connectivity index (χ0v) is 19.0. The topological polar surface area (TPSA) is 105 Å². The molecule has 3 aromatic rings. The minimum Gasteiger partial charge on any atom is -0.375 e. The highest BCUT2D eigenvalue weighted by Gasteiger charge is 2.37. The van der Waals surface area contributed by atoms with Crippen molar-refractivity contribution in [3.63, 3.8) is 0 Å². The quantitative estimate of drug-likeness (QED) is 0.546. The largest absolute Gasteiger partial charge is 0.375 e. The Morgan fingerprint density at radius 1 is 0.853 bits per heavy atom. The van der Waals surface area contributed by atoms with Crippen LogP contribution in [0.4, 0.5) is 17.1 Å². The van der Waals surface area contributed by atoms with Gasteiger partial charge in [0.2, 0.25) is 5.91 Å². The molecular formula is C26H23N3O5. The molecule has 0 bridgehead atoms. The smallest absolute Gasteiger partial charge is 0.266 e. The Labute approximate surface area is 196 Å². The fraction of sp³-hybridized carbons (Fsp3) is 0.154. The molecule has 8 heteroatoms. The molecule has 172 valence electrons. The van der Waals surface area contributed by atoms with Crippen LogP contribution in [0.1, 0.15) is 42.2 Å². The number of anilines is 3. The lowest BCUT2D eigenvalue weighted by molar-refractivity contribution is -0.119. The van der Waals surface area contributed by atoms with Gasteiger partial charge < -0.3 is 15.4 Å². The van der Waals surface area contributed by atoms with Crippen molar-refractivity contribution < 1.29 is 23.9 Å². The van der Waals surface area contributed by atoms with Crippen LogP contribution in [0.5, 0.6) is 0 Å². The Balaban J connectivity index is 1.56. The van der Waals surface area contributed by atoms with Gasteiger partial charge in [-0.25, -0.2) is 4.90 Å². The summed E-state index contributed by atoms with van der Waals surface area (Å²) in [5.41, 5.74) is 3.89. The average molecular weight is 457 g/mol. The number of nitrogens with one attached hydrogen (secondary N) is 2. The first-order valence-corrected chi connectivity index (χ1v) is 10.6. The van der Waals surface area contributed by atoms with Crippen molar-refractivity contribution >= 4 is 40.7 Å². The van der Waals surface area contributed by atoms with E-state index in [4.69, 9.17) is 4.74 Å². The van der Waals surface area contributed by atoms with Gasteiger partial charge in [0.05, 0.1) is 16.8 Å². The number of ether oxygens (including phenoxy) is 1. The second-order valence-corrected chi connectivity index (χ2v) is 8.01. The molecule has 4 rings (SSSR count). The molecule has 0 radical (unpaired) electrons. The molecule has 2 N–H and O–H groups in total. The van der Waals surface area contributed by atoms with Crippen LogP contribution in [0.25, 0.3) is 0 Å². The van der Waals surface area contributed by atoms with E-state index in [1.54, 1.807) is 30.3 Å². The molecule has 3 aromatic carbocycles. The van der Waals surface area contributed by atoms with E-state index in [2.05, 4.69) is 10.6 Å². The molecule has 0 spiro atoms. The van der Waals surface area contributed by atoms with E-state index < -0.39 is 17.7 Å². The first-order valence-electron chi connectivity index (χ1n) is 10.6. The highest BCUT2D eigenvalue weighted by molar-refractivity contribution is 6.35. The molecular weight excluding hydrogens is 434 g/mol. The Bertz CT molecular complexity index is 1330. The maximum Gasteiger partial charge on any atom is 0.266 e. The number of rotatable bonds is 6. The first kappa shape index (κ1) is 22.9. The highest BCUT2D eigenvalue weighted by atomic mass is 16.5. The lowest BCUT2D eigenvalue weighted by Gasteiger charge is -2.17. The summed E-state index contributed by atoms with van der Waals surface area (Å²) in [7, 11) is 1.42. The molecule has 1 heterocycles. The van der Waals surface area contributed by atoms with Crippen LogP contribution in [-0.4, -0.2) is 37.3 Å². The fourth-order valence-corrected chi connectivity index (χ4v) is 3.77. The molecule has 1 aliphatic heterocycles. The van der Waals surface area contributed by atoms with Gasteiger partial charge in [0.1, 0.15) is 6.61 Å². The number of nitrogens with zero attached hydrogens (tertiary/aromatic N) is 1. The standard InChI is InChI=1S/C26H23N3O5/c1-15-7-8-16(2)22(11-15)29-25(32)20-10-9-17(12-21(20)26(29)33)24(31)28-19-6-4-5-18(13-19)27-23(30)14-34-3/h4-13H,14H2,1-3H3,(H,27,30)(H,28,31). The van der Waals surface area contributed by atoms with Crippen LogP contribution < -0.4 is 15.5 Å². The van der Waals surface area contributed by atoms with Crippen LogP contribution in [-0.2, 0) is 9.53 Å². The summed E-state index contributed by atoms with van der Waals surface area (Å²) < 4.78 is 4.79. The number of amides is 4. The summed E-state index contributed by atoms with van der Waals surface area (Å²) in [6.45, 7) is 3.64. The number of hydrogen-bond donors (Lipinski definition) is 2. The van der Waals surface area contributed by atoms with Gasteiger partial charge in [-0.05, 0) is 67.4 Å². The third-order valence-electron chi connectivity index (χ3n) is 5.43. The lowest BCUT2D eigenvalue weighted by Crippen LogP contribution is -2.30. The summed E-state index contributed by atoms with van der Waals surface area (Å²) in [6.07, 6.45) is 0. The Morgan fingerprint density at radius 3 is 2.29 bits per heavy atom. The second-order valence-electron chi connectivity index (χ2n) is 8.01. The summed E-state index contributed by atoms with van der Waals surface area (Å²) >= 11 is 0. The molecule has 0 aliphatic carbocycles. The molecule has 0 aromatic heterocycles. The van der Waals surface area contributed by atoms with Crippen molar-refractivity contribution in [1.29, 1.82) is 0 Å². The summed E-state index contributed by atoms with van der Waals surface area (Å²) in [4.78, 5) is 51.8. The molecule has 0 unspecified atom stereocenters. The zero-order valence-electron chi connectivity index (χ0n) is 19.0.